The molecule has 4 rings (SSSR count). The zero-order chi connectivity index (χ0) is 23.7. The minimum absolute atomic E-state index is 0.0411. The van der Waals surface area contributed by atoms with Crippen LogP contribution in [0.5, 0.6) is 0 Å². The van der Waals surface area contributed by atoms with E-state index in [1.165, 1.54) is 0 Å². The molecule has 2 N–H and O–H groups in total. The first-order chi connectivity index (χ1) is 15.7. The molecule has 0 radical (unpaired) electrons. The van der Waals surface area contributed by atoms with E-state index in [9.17, 15) is 14.4 Å². The highest BCUT2D eigenvalue weighted by Gasteiger charge is 2.39. The van der Waals surface area contributed by atoms with Crippen molar-refractivity contribution in [2.45, 2.75) is 13.8 Å². The Morgan fingerprint density at radius 3 is 2.18 bits per heavy atom. The molecule has 0 spiro atoms. The van der Waals surface area contributed by atoms with Gasteiger partial charge in [-0.25, -0.2) is 4.90 Å². The van der Waals surface area contributed by atoms with Crippen molar-refractivity contribution in [2.24, 2.45) is 0 Å². The Morgan fingerprint density at radius 2 is 1.52 bits per heavy atom. The number of aryl methyl sites for hydroxylation is 2. The van der Waals surface area contributed by atoms with Gasteiger partial charge in [0.05, 0.1) is 5.69 Å². The van der Waals surface area contributed by atoms with Crippen molar-refractivity contribution in [3.8, 4) is 0 Å². The molecule has 0 fully saturated rings. The number of amides is 3. The van der Waals surface area contributed by atoms with Crippen LogP contribution in [-0.2, 0) is 9.59 Å². The molecule has 0 aromatic heterocycles. The third kappa shape index (κ3) is 4.62. The number of imide groups is 1. The van der Waals surface area contributed by atoms with E-state index in [0.29, 0.717) is 27.6 Å². The lowest BCUT2D eigenvalue weighted by atomic mass is 10.1. The molecular weight excluding hydrogens is 461 g/mol. The standard InChI is InChI=1S/C25H19Cl2N3O3/c1-14-3-11-19(12-4-14)30-24(32)21(27)22(25(30)33)29-20-13-16(6-5-15(20)2)23(31)28-18-9-7-17(26)8-10-18/h3-13,29H,1-2H3,(H,28,31). The molecule has 3 aromatic rings. The Morgan fingerprint density at radius 1 is 0.848 bits per heavy atom. The van der Waals surface area contributed by atoms with Crippen molar-refractivity contribution in [3.05, 3.63) is 99.2 Å². The maximum Gasteiger partial charge on any atom is 0.283 e. The van der Waals surface area contributed by atoms with Gasteiger partial charge in [0.15, 0.2) is 0 Å². The van der Waals surface area contributed by atoms with Gasteiger partial charge in [-0.3, -0.25) is 14.4 Å². The summed E-state index contributed by atoms with van der Waals surface area (Å²) in [5, 5.41) is 6.10. The smallest absolute Gasteiger partial charge is 0.283 e. The lowest BCUT2D eigenvalue weighted by Crippen LogP contribution is -2.32. The molecule has 0 aliphatic carbocycles. The fourth-order valence-electron chi connectivity index (χ4n) is 3.31. The second-order valence-corrected chi connectivity index (χ2v) is 8.40. The lowest BCUT2D eigenvalue weighted by molar-refractivity contribution is -0.120. The zero-order valence-corrected chi connectivity index (χ0v) is 19.3. The van der Waals surface area contributed by atoms with E-state index >= 15 is 0 Å². The van der Waals surface area contributed by atoms with Crippen LogP contribution in [0.3, 0.4) is 0 Å². The van der Waals surface area contributed by atoms with Gasteiger partial charge in [0.25, 0.3) is 17.7 Å². The Kier molecular flexibility index (Phi) is 6.22. The number of halogens is 2. The lowest BCUT2D eigenvalue weighted by Gasteiger charge is -2.16. The van der Waals surface area contributed by atoms with Crippen LogP contribution < -0.4 is 15.5 Å². The normalized spacial score (nSPS) is 13.5. The molecule has 6 nitrogen and oxygen atoms in total. The van der Waals surface area contributed by atoms with Crippen LogP contribution in [0.2, 0.25) is 5.02 Å². The summed E-state index contributed by atoms with van der Waals surface area (Å²) in [7, 11) is 0. The molecule has 1 aliphatic heterocycles. The minimum atomic E-state index is -0.609. The fourth-order valence-corrected chi connectivity index (χ4v) is 3.65. The molecule has 0 atom stereocenters. The van der Waals surface area contributed by atoms with Crippen LogP contribution in [0.25, 0.3) is 0 Å². The maximum atomic E-state index is 13.0. The number of anilines is 3. The van der Waals surface area contributed by atoms with Gasteiger partial charge < -0.3 is 10.6 Å². The van der Waals surface area contributed by atoms with Crippen LogP contribution >= 0.6 is 23.2 Å². The SMILES string of the molecule is Cc1ccc(N2C(=O)C(Cl)=C(Nc3cc(C(=O)Nc4ccc(Cl)cc4)ccc3C)C2=O)cc1. The molecule has 3 amide bonds. The van der Waals surface area contributed by atoms with Crippen molar-refractivity contribution >= 4 is 58.0 Å². The summed E-state index contributed by atoms with van der Waals surface area (Å²) in [5.41, 5.74) is 3.60. The van der Waals surface area contributed by atoms with E-state index in [2.05, 4.69) is 10.6 Å². The quantitative estimate of drug-likeness (QED) is 0.463. The van der Waals surface area contributed by atoms with Gasteiger partial charge in [0.1, 0.15) is 10.7 Å². The average molecular weight is 480 g/mol. The summed E-state index contributed by atoms with van der Waals surface area (Å²) in [5.74, 6) is -1.51. The summed E-state index contributed by atoms with van der Waals surface area (Å²) in [4.78, 5) is 39.4. The molecule has 33 heavy (non-hydrogen) atoms. The second-order valence-electron chi connectivity index (χ2n) is 7.59. The largest absolute Gasteiger partial charge is 0.349 e. The van der Waals surface area contributed by atoms with E-state index in [-0.39, 0.29) is 16.6 Å². The van der Waals surface area contributed by atoms with E-state index in [1.54, 1.807) is 54.6 Å². The van der Waals surface area contributed by atoms with Crippen LogP contribution in [0.4, 0.5) is 17.1 Å². The first-order valence-electron chi connectivity index (χ1n) is 10.0. The van der Waals surface area contributed by atoms with Crippen LogP contribution in [0, 0.1) is 13.8 Å². The number of nitrogens with zero attached hydrogens (tertiary/aromatic N) is 1. The second kappa shape index (κ2) is 9.10. The predicted molar refractivity (Wildman–Crippen MR) is 131 cm³/mol. The third-order valence-corrected chi connectivity index (χ3v) is 5.78. The topological polar surface area (TPSA) is 78.5 Å². The van der Waals surface area contributed by atoms with E-state index in [4.69, 9.17) is 23.2 Å². The number of hydrogen-bond donors (Lipinski definition) is 2. The summed E-state index contributed by atoms with van der Waals surface area (Å²) in [6.07, 6.45) is 0. The van der Waals surface area contributed by atoms with Crippen molar-refractivity contribution in [2.75, 3.05) is 15.5 Å². The van der Waals surface area contributed by atoms with Gasteiger partial charge in [0, 0.05) is 22.0 Å². The van der Waals surface area contributed by atoms with Crippen LogP contribution in [-0.4, -0.2) is 17.7 Å². The average Bonchev–Trinajstić information content (AvgIpc) is 3.00. The Hall–Kier alpha value is -3.61. The predicted octanol–water partition coefficient (Wildman–Crippen LogP) is 5.64. The van der Waals surface area contributed by atoms with Crippen molar-refractivity contribution in [1.29, 1.82) is 0 Å². The molecule has 166 valence electrons. The molecule has 0 unspecified atom stereocenters. The van der Waals surface area contributed by atoms with Gasteiger partial charge in [-0.1, -0.05) is 47.0 Å². The number of carbonyl (C=O) groups excluding carboxylic acids is 3. The van der Waals surface area contributed by atoms with Crippen LogP contribution in [0.1, 0.15) is 21.5 Å². The molecular formula is C25H19Cl2N3O3. The van der Waals surface area contributed by atoms with Crippen molar-refractivity contribution in [1.82, 2.24) is 0 Å². The number of benzene rings is 3. The molecule has 3 aromatic carbocycles. The third-order valence-electron chi connectivity index (χ3n) is 5.18. The number of rotatable bonds is 5. The molecule has 1 aliphatic rings. The maximum absolute atomic E-state index is 13.0. The Bertz CT molecular complexity index is 1300. The first-order valence-corrected chi connectivity index (χ1v) is 10.8. The number of hydrogen-bond acceptors (Lipinski definition) is 4. The summed E-state index contributed by atoms with van der Waals surface area (Å²) >= 11 is 12.1. The number of nitrogens with one attached hydrogen (secondary N) is 2. The molecule has 0 saturated heterocycles. The molecule has 8 heteroatoms. The summed E-state index contributed by atoms with van der Waals surface area (Å²) < 4.78 is 0. The van der Waals surface area contributed by atoms with Crippen molar-refractivity contribution < 1.29 is 14.4 Å². The Balaban J connectivity index is 1.57. The molecule has 1 heterocycles. The fraction of sp³-hybridized carbons (Fsp3) is 0.0800. The van der Waals surface area contributed by atoms with Gasteiger partial charge in [-0.05, 0) is 67.9 Å². The van der Waals surface area contributed by atoms with E-state index in [0.717, 1.165) is 16.0 Å². The van der Waals surface area contributed by atoms with Crippen molar-refractivity contribution in [3.63, 3.8) is 0 Å². The van der Waals surface area contributed by atoms with Crippen LogP contribution in [0.15, 0.2) is 77.5 Å². The van der Waals surface area contributed by atoms with E-state index in [1.807, 2.05) is 26.0 Å². The van der Waals surface area contributed by atoms with E-state index < -0.39 is 11.8 Å². The summed E-state index contributed by atoms with van der Waals surface area (Å²) in [6, 6.07) is 18.7. The number of carbonyl (C=O) groups is 3. The highest BCUT2D eigenvalue weighted by molar-refractivity contribution is 6.53. The Labute approximate surface area is 200 Å². The minimum Gasteiger partial charge on any atom is -0.349 e. The summed E-state index contributed by atoms with van der Waals surface area (Å²) in [6.45, 7) is 3.73. The monoisotopic (exact) mass is 479 g/mol. The van der Waals surface area contributed by atoms with Gasteiger partial charge in [0.2, 0.25) is 0 Å². The molecule has 0 bridgehead atoms. The highest BCUT2D eigenvalue weighted by Crippen LogP contribution is 2.31. The zero-order valence-electron chi connectivity index (χ0n) is 17.8. The molecule has 0 saturated carbocycles. The van der Waals surface area contributed by atoms with Gasteiger partial charge in [-0.2, -0.15) is 0 Å². The first kappa shape index (κ1) is 22.6. The highest BCUT2D eigenvalue weighted by atomic mass is 35.5. The van der Waals surface area contributed by atoms with Gasteiger partial charge >= 0.3 is 0 Å². The van der Waals surface area contributed by atoms with Gasteiger partial charge in [-0.15, -0.1) is 0 Å².